The summed E-state index contributed by atoms with van der Waals surface area (Å²) in [5.74, 6) is 2.17. The molecule has 0 bridgehead atoms. The Kier molecular flexibility index (Phi) is 4.24. The Morgan fingerprint density at radius 2 is 1.75 bits per heavy atom. The van der Waals surface area contributed by atoms with E-state index in [1.165, 1.54) is 6.33 Å². The number of benzene rings is 2. The average molecular weight is 327 g/mol. The highest BCUT2D eigenvalue weighted by atomic mass is 16.5. The molecule has 1 aromatic heterocycles. The van der Waals surface area contributed by atoms with Gasteiger partial charge in [-0.3, -0.25) is 0 Å². The van der Waals surface area contributed by atoms with E-state index in [9.17, 15) is 5.11 Å². The van der Waals surface area contributed by atoms with E-state index in [-0.39, 0.29) is 5.75 Å². The van der Waals surface area contributed by atoms with Gasteiger partial charge in [0.1, 0.15) is 23.4 Å². The molecule has 0 aliphatic carbocycles. The predicted molar refractivity (Wildman–Crippen MR) is 90.6 cm³/mol. The molecule has 7 nitrogen and oxygen atoms in total. The summed E-state index contributed by atoms with van der Waals surface area (Å²) < 4.78 is 16.2. The third kappa shape index (κ3) is 2.71. The second-order valence-corrected chi connectivity index (χ2v) is 4.94. The molecule has 0 spiro atoms. The molecule has 124 valence electrons. The molecule has 0 amide bonds. The molecule has 1 heterocycles. The van der Waals surface area contributed by atoms with Crippen molar-refractivity contribution >= 4 is 22.4 Å². The van der Waals surface area contributed by atoms with Gasteiger partial charge < -0.3 is 24.6 Å². The lowest BCUT2D eigenvalue weighted by molar-refractivity contribution is 0.327. The summed E-state index contributed by atoms with van der Waals surface area (Å²) in [4.78, 5) is 8.58. The lowest BCUT2D eigenvalue weighted by atomic mass is 10.1. The van der Waals surface area contributed by atoms with E-state index in [2.05, 4.69) is 15.3 Å². The fourth-order valence-electron chi connectivity index (χ4n) is 2.48. The number of hydrogen-bond acceptors (Lipinski definition) is 7. The Morgan fingerprint density at radius 1 is 0.958 bits per heavy atom. The number of aromatic nitrogens is 2. The summed E-state index contributed by atoms with van der Waals surface area (Å²) in [6.07, 6.45) is 1.43. The zero-order chi connectivity index (χ0) is 17.1. The molecule has 24 heavy (non-hydrogen) atoms. The number of nitrogens with zero attached hydrogens (tertiary/aromatic N) is 2. The van der Waals surface area contributed by atoms with Crippen molar-refractivity contribution in [2.24, 2.45) is 0 Å². The number of aromatic hydroxyl groups is 1. The molecule has 3 rings (SSSR count). The Balaban J connectivity index is 2.19. The van der Waals surface area contributed by atoms with Crippen LogP contribution in [0.25, 0.3) is 10.9 Å². The van der Waals surface area contributed by atoms with Crippen molar-refractivity contribution in [3.05, 3.63) is 36.7 Å². The molecule has 0 aliphatic rings. The fraction of sp³-hybridized carbons (Fsp3) is 0.176. The summed E-state index contributed by atoms with van der Waals surface area (Å²) in [5.41, 5.74) is 1.29. The van der Waals surface area contributed by atoms with Gasteiger partial charge in [0.25, 0.3) is 0 Å². The molecule has 0 fully saturated rings. The molecular weight excluding hydrogens is 310 g/mol. The SMILES string of the molecule is COc1cc2c(Nc3cccc(O)c3)ncnc2c(OC)c1OC. The first-order valence-corrected chi connectivity index (χ1v) is 7.17. The van der Waals surface area contributed by atoms with Crippen LogP contribution in [0, 0.1) is 0 Å². The summed E-state index contributed by atoms with van der Waals surface area (Å²) in [7, 11) is 4.63. The maximum atomic E-state index is 9.61. The van der Waals surface area contributed by atoms with Gasteiger partial charge in [-0.1, -0.05) is 6.07 Å². The van der Waals surface area contributed by atoms with E-state index >= 15 is 0 Å². The predicted octanol–water partition coefficient (Wildman–Crippen LogP) is 3.10. The maximum absolute atomic E-state index is 9.61. The van der Waals surface area contributed by atoms with Gasteiger partial charge in [0.2, 0.25) is 5.75 Å². The van der Waals surface area contributed by atoms with Gasteiger partial charge in [0, 0.05) is 11.8 Å². The van der Waals surface area contributed by atoms with Crippen LogP contribution >= 0.6 is 0 Å². The Bertz CT molecular complexity index is 883. The number of rotatable bonds is 5. The van der Waals surface area contributed by atoms with Crippen molar-refractivity contribution in [3.8, 4) is 23.0 Å². The van der Waals surface area contributed by atoms with Crippen LogP contribution in [-0.2, 0) is 0 Å². The quantitative estimate of drug-likeness (QED) is 0.744. The second-order valence-electron chi connectivity index (χ2n) is 4.94. The number of nitrogens with one attached hydrogen (secondary N) is 1. The Morgan fingerprint density at radius 3 is 2.42 bits per heavy atom. The van der Waals surface area contributed by atoms with Crippen LogP contribution in [-0.4, -0.2) is 36.4 Å². The van der Waals surface area contributed by atoms with Crippen LogP contribution in [0.1, 0.15) is 0 Å². The number of fused-ring (bicyclic) bond motifs is 1. The highest BCUT2D eigenvalue weighted by Crippen LogP contribution is 2.44. The molecule has 7 heteroatoms. The van der Waals surface area contributed by atoms with Crippen molar-refractivity contribution in [2.75, 3.05) is 26.6 Å². The molecule has 2 aromatic carbocycles. The molecule has 0 saturated heterocycles. The van der Waals surface area contributed by atoms with Crippen molar-refractivity contribution in [3.63, 3.8) is 0 Å². The van der Waals surface area contributed by atoms with Crippen LogP contribution in [0.4, 0.5) is 11.5 Å². The number of hydrogen-bond donors (Lipinski definition) is 2. The third-order valence-electron chi connectivity index (χ3n) is 3.54. The molecule has 0 saturated carbocycles. The van der Waals surface area contributed by atoms with E-state index < -0.39 is 0 Å². The minimum Gasteiger partial charge on any atom is -0.508 e. The van der Waals surface area contributed by atoms with Gasteiger partial charge >= 0.3 is 0 Å². The molecule has 0 unspecified atom stereocenters. The van der Waals surface area contributed by atoms with Crippen molar-refractivity contribution in [1.29, 1.82) is 0 Å². The van der Waals surface area contributed by atoms with Crippen molar-refractivity contribution < 1.29 is 19.3 Å². The monoisotopic (exact) mass is 327 g/mol. The van der Waals surface area contributed by atoms with Crippen LogP contribution in [0.3, 0.4) is 0 Å². The maximum Gasteiger partial charge on any atom is 0.205 e. The van der Waals surface area contributed by atoms with Crippen LogP contribution in [0.2, 0.25) is 0 Å². The Hall–Kier alpha value is -3.22. The summed E-state index contributed by atoms with van der Waals surface area (Å²) in [5, 5.41) is 13.5. The van der Waals surface area contributed by atoms with E-state index in [0.29, 0.717) is 39.7 Å². The smallest absolute Gasteiger partial charge is 0.205 e. The number of phenols is 1. The highest BCUT2D eigenvalue weighted by molar-refractivity contribution is 5.97. The lowest BCUT2D eigenvalue weighted by Crippen LogP contribution is -2.00. The first kappa shape index (κ1) is 15.7. The van der Waals surface area contributed by atoms with Crippen molar-refractivity contribution in [1.82, 2.24) is 9.97 Å². The number of methoxy groups -OCH3 is 3. The molecule has 0 aliphatic heterocycles. The molecule has 2 N–H and O–H groups in total. The zero-order valence-corrected chi connectivity index (χ0v) is 13.5. The fourth-order valence-corrected chi connectivity index (χ4v) is 2.48. The van der Waals surface area contributed by atoms with Gasteiger partial charge in [-0.2, -0.15) is 0 Å². The number of ether oxygens (including phenoxy) is 3. The van der Waals surface area contributed by atoms with E-state index in [0.717, 1.165) is 0 Å². The highest BCUT2D eigenvalue weighted by Gasteiger charge is 2.19. The van der Waals surface area contributed by atoms with Gasteiger partial charge in [-0.15, -0.1) is 0 Å². The topological polar surface area (TPSA) is 85.7 Å². The van der Waals surface area contributed by atoms with Crippen LogP contribution in [0.5, 0.6) is 23.0 Å². The summed E-state index contributed by atoms with van der Waals surface area (Å²) in [6, 6.07) is 8.55. The summed E-state index contributed by atoms with van der Waals surface area (Å²) >= 11 is 0. The molecule has 0 atom stereocenters. The van der Waals surface area contributed by atoms with Gasteiger partial charge in [-0.05, 0) is 18.2 Å². The molecule has 0 radical (unpaired) electrons. The first-order valence-electron chi connectivity index (χ1n) is 7.17. The van der Waals surface area contributed by atoms with Gasteiger partial charge in [0.15, 0.2) is 11.5 Å². The van der Waals surface area contributed by atoms with Crippen LogP contribution in [0.15, 0.2) is 36.7 Å². The standard InChI is InChI=1S/C17H17N3O4/c1-22-13-8-12-14(16(24-3)15(13)23-2)18-9-19-17(12)20-10-5-4-6-11(21)7-10/h4-9,21H,1-3H3,(H,18,19,20). The second kappa shape index (κ2) is 6.49. The number of anilines is 2. The van der Waals surface area contributed by atoms with Crippen LogP contribution < -0.4 is 19.5 Å². The zero-order valence-electron chi connectivity index (χ0n) is 13.5. The van der Waals surface area contributed by atoms with E-state index in [1.807, 2.05) is 6.07 Å². The lowest BCUT2D eigenvalue weighted by Gasteiger charge is -2.16. The van der Waals surface area contributed by atoms with Gasteiger partial charge in [0.05, 0.1) is 26.7 Å². The minimum atomic E-state index is 0.162. The van der Waals surface area contributed by atoms with Crippen molar-refractivity contribution in [2.45, 2.75) is 0 Å². The largest absolute Gasteiger partial charge is 0.508 e. The third-order valence-corrected chi connectivity index (χ3v) is 3.54. The molecular formula is C17H17N3O4. The molecule has 3 aromatic rings. The normalized spacial score (nSPS) is 10.5. The van der Waals surface area contributed by atoms with Gasteiger partial charge in [-0.25, -0.2) is 9.97 Å². The number of phenolic OH excluding ortho intramolecular Hbond substituents is 1. The first-order chi connectivity index (χ1) is 11.7. The minimum absolute atomic E-state index is 0.162. The summed E-state index contributed by atoms with van der Waals surface area (Å²) in [6.45, 7) is 0. The average Bonchev–Trinajstić information content (AvgIpc) is 2.60. The Labute approximate surface area is 138 Å². The van der Waals surface area contributed by atoms with E-state index in [1.54, 1.807) is 45.6 Å². The van der Waals surface area contributed by atoms with E-state index in [4.69, 9.17) is 14.2 Å².